The Morgan fingerprint density at radius 1 is 1.33 bits per heavy atom. The van der Waals surface area contributed by atoms with Crippen molar-refractivity contribution in [3.05, 3.63) is 24.3 Å². The molecule has 0 bridgehead atoms. The molecule has 1 aromatic carbocycles. The predicted octanol–water partition coefficient (Wildman–Crippen LogP) is 0.573. The number of rotatable bonds is 1. The summed E-state index contributed by atoms with van der Waals surface area (Å²) in [5.74, 6) is 0.432. The molecule has 1 rings (SSSR count). The van der Waals surface area contributed by atoms with Crippen LogP contribution in [0.1, 0.15) is 0 Å². The molecule has 0 aliphatic heterocycles. The molecule has 0 amide bonds. The van der Waals surface area contributed by atoms with Gasteiger partial charge in [0.05, 0.1) is 5.69 Å². The van der Waals surface area contributed by atoms with E-state index in [2.05, 4.69) is 10.3 Å². The topological polar surface area (TPSA) is 72.7 Å². The van der Waals surface area contributed by atoms with Crippen molar-refractivity contribution in [1.29, 1.82) is 0 Å². The number of hydrogen-bond donors (Lipinski definition) is 2. The fourth-order valence-corrected chi connectivity index (χ4v) is 0.709. The lowest BCUT2D eigenvalue weighted by Gasteiger charge is -1.96. The van der Waals surface area contributed by atoms with Gasteiger partial charge in [-0.1, -0.05) is 0 Å². The number of nitrogens with two attached hydrogens (primary N) is 1. The second kappa shape index (κ2) is 3.61. The zero-order valence-electron chi connectivity index (χ0n) is 6.73. The Hall–Kier alpha value is -1.71. The SMILES string of the molecule is C[N]C(N)=Nc1ccc(O)cc1. The van der Waals surface area contributed by atoms with Crippen LogP contribution in [0.2, 0.25) is 0 Å². The minimum atomic E-state index is 0.209. The summed E-state index contributed by atoms with van der Waals surface area (Å²) in [5, 5.41) is 12.6. The number of phenols is 1. The van der Waals surface area contributed by atoms with Crippen LogP contribution in [-0.2, 0) is 0 Å². The third kappa shape index (κ3) is 2.16. The summed E-state index contributed by atoms with van der Waals surface area (Å²) in [7, 11) is 1.57. The molecular weight excluding hydrogens is 154 g/mol. The van der Waals surface area contributed by atoms with Crippen molar-refractivity contribution < 1.29 is 5.11 Å². The van der Waals surface area contributed by atoms with Crippen molar-refractivity contribution in [3.63, 3.8) is 0 Å². The fourth-order valence-electron chi connectivity index (χ4n) is 0.709. The lowest BCUT2D eigenvalue weighted by Crippen LogP contribution is -2.20. The average Bonchev–Trinajstić information content (AvgIpc) is 2.09. The van der Waals surface area contributed by atoms with Crippen LogP contribution in [0.15, 0.2) is 29.3 Å². The summed E-state index contributed by atoms with van der Waals surface area (Å²) in [6, 6.07) is 6.41. The molecule has 0 aliphatic carbocycles. The Morgan fingerprint density at radius 3 is 2.42 bits per heavy atom. The minimum Gasteiger partial charge on any atom is -0.508 e. The Bertz CT molecular complexity index is 279. The Morgan fingerprint density at radius 2 is 1.92 bits per heavy atom. The van der Waals surface area contributed by atoms with E-state index in [1.807, 2.05) is 0 Å². The summed E-state index contributed by atoms with van der Waals surface area (Å²) in [4.78, 5) is 3.94. The Balaban J connectivity index is 2.84. The largest absolute Gasteiger partial charge is 0.508 e. The molecule has 12 heavy (non-hydrogen) atoms. The van der Waals surface area contributed by atoms with Gasteiger partial charge in [0.25, 0.3) is 0 Å². The van der Waals surface area contributed by atoms with Crippen LogP contribution < -0.4 is 11.1 Å². The molecule has 4 nitrogen and oxygen atoms in total. The van der Waals surface area contributed by atoms with Crippen LogP contribution in [0, 0.1) is 0 Å². The molecule has 0 unspecified atom stereocenters. The lowest BCUT2D eigenvalue weighted by molar-refractivity contribution is 0.475. The van der Waals surface area contributed by atoms with Crippen LogP contribution in [0.4, 0.5) is 5.69 Å². The van der Waals surface area contributed by atoms with Gasteiger partial charge in [0.15, 0.2) is 0 Å². The van der Waals surface area contributed by atoms with Crippen molar-refractivity contribution in [3.8, 4) is 5.75 Å². The highest BCUT2D eigenvalue weighted by molar-refractivity contribution is 5.80. The first-order chi connectivity index (χ1) is 5.72. The predicted molar refractivity (Wildman–Crippen MR) is 47.4 cm³/mol. The molecule has 0 saturated carbocycles. The molecular formula is C8H10N3O. The number of hydrogen-bond acceptors (Lipinski definition) is 2. The smallest absolute Gasteiger partial charge is 0.215 e. The van der Waals surface area contributed by atoms with E-state index in [-0.39, 0.29) is 11.7 Å². The molecule has 63 valence electrons. The van der Waals surface area contributed by atoms with Gasteiger partial charge >= 0.3 is 0 Å². The third-order valence-corrected chi connectivity index (χ3v) is 1.32. The van der Waals surface area contributed by atoms with E-state index < -0.39 is 0 Å². The first-order valence-corrected chi connectivity index (χ1v) is 3.45. The van der Waals surface area contributed by atoms with Crippen LogP contribution in [0.5, 0.6) is 5.75 Å². The summed E-state index contributed by atoms with van der Waals surface area (Å²) in [6.07, 6.45) is 0. The van der Waals surface area contributed by atoms with Crippen molar-refractivity contribution in [2.24, 2.45) is 10.7 Å². The third-order valence-electron chi connectivity index (χ3n) is 1.32. The number of guanidine groups is 1. The van der Waals surface area contributed by atoms with E-state index in [0.717, 1.165) is 0 Å². The van der Waals surface area contributed by atoms with Crippen molar-refractivity contribution in [2.45, 2.75) is 0 Å². The molecule has 0 atom stereocenters. The fraction of sp³-hybridized carbons (Fsp3) is 0.125. The van der Waals surface area contributed by atoms with E-state index in [4.69, 9.17) is 10.8 Å². The second-order valence-corrected chi connectivity index (χ2v) is 2.21. The van der Waals surface area contributed by atoms with Crippen LogP contribution in [0.25, 0.3) is 0 Å². The zero-order chi connectivity index (χ0) is 8.97. The molecule has 0 saturated heterocycles. The number of nitrogens with zero attached hydrogens (tertiary/aromatic N) is 2. The molecule has 0 aliphatic rings. The van der Waals surface area contributed by atoms with Gasteiger partial charge in [0.1, 0.15) is 5.75 Å². The van der Waals surface area contributed by atoms with Gasteiger partial charge in [0.2, 0.25) is 5.96 Å². The highest BCUT2D eigenvalue weighted by Crippen LogP contribution is 2.15. The minimum absolute atomic E-state index is 0.209. The highest BCUT2D eigenvalue weighted by Gasteiger charge is 1.91. The van der Waals surface area contributed by atoms with Gasteiger partial charge in [-0.25, -0.2) is 4.99 Å². The number of aromatic hydroxyl groups is 1. The standard InChI is InChI=1S/C8H10N3O/c1-10-8(9)11-6-2-4-7(12)5-3-6/h2-5,12H,1H3,(H2,9,11). The summed E-state index contributed by atoms with van der Waals surface area (Å²) < 4.78 is 0. The van der Waals surface area contributed by atoms with Gasteiger partial charge in [-0.3, -0.25) is 5.32 Å². The molecule has 0 fully saturated rings. The molecule has 0 heterocycles. The molecule has 4 heteroatoms. The number of aliphatic imine (C=N–C) groups is 1. The summed E-state index contributed by atoms with van der Waals surface area (Å²) >= 11 is 0. The summed E-state index contributed by atoms with van der Waals surface area (Å²) in [5.41, 5.74) is 6.04. The molecule has 3 N–H and O–H groups in total. The molecule has 1 radical (unpaired) electrons. The van der Waals surface area contributed by atoms with Crippen molar-refractivity contribution in [1.82, 2.24) is 5.32 Å². The molecule has 0 aromatic heterocycles. The van der Waals surface area contributed by atoms with Crippen LogP contribution >= 0.6 is 0 Å². The van der Waals surface area contributed by atoms with E-state index in [1.165, 1.54) is 0 Å². The van der Waals surface area contributed by atoms with E-state index in [1.54, 1.807) is 31.3 Å². The number of phenolic OH excluding ortho intramolecular Hbond substituents is 1. The van der Waals surface area contributed by atoms with Crippen LogP contribution in [-0.4, -0.2) is 18.1 Å². The van der Waals surface area contributed by atoms with Gasteiger partial charge in [-0.2, -0.15) is 0 Å². The van der Waals surface area contributed by atoms with E-state index >= 15 is 0 Å². The van der Waals surface area contributed by atoms with E-state index in [9.17, 15) is 0 Å². The zero-order valence-corrected chi connectivity index (χ0v) is 6.73. The van der Waals surface area contributed by atoms with Crippen molar-refractivity contribution in [2.75, 3.05) is 7.05 Å². The summed E-state index contributed by atoms with van der Waals surface area (Å²) in [6.45, 7) is 0. The lowest BCUT2D eigenvalue weighted by atomic mass is 10.3. The second-order valence-electron chi connectivity index (χ2n) is 2.21. The highest BCUT2D eigenvalue weighted by atomic mass is 16.3. The van der Waals surface area contributed by atoms with Crippen LogP contribution in [0.3, 0.4) is 0 Å². The maximum absolute atomic E-state index is 8.94. The van der Waals surface area contributed by atoms with Gasteiger partial charge in [-0.15, -0.1) is 0 Å². The quantitative estimate of drug-likeness (QED) is 0.470. The first kappa shape index (κ1) is 8.39. The average molecular weight is 164 g/mol. The number of benzene rings is 1. The van der Waals surface area contributed by atoms with Crippen molar-refractivity contribution >= 4 is 11.6 Å². The van der Waals surface area contributed by atoms with Gasteiger partial charge in [0, 0.05) is 7.05 Å². The maximum Gasteiger partial charge on any atom is 0.215 e. The first-order valence-electron chi connectivity index (χ1n) is 3.45. The molecule has 1 aromatic rings. The Kier molecular flexibility index (Phi) is 2.53. The van der Waals surface area contributed by atoms with Gasteiger partial charge < -0.3 is 10.8 Å². The van der Waals surface area contributed by atoms with E-state index in [0.29, 0.717) is 5.69 Å². The maximum atomic E-state index is 8.94. The monoisotopic (exact) mass is 164 g/mol. The van der Waals surface area contributed by atoms with Gasteiger partial charge in [-0.05, 0) is 24.3 Å². The normalized spacial score (nSPS) is 11.2. The Labute approximate surface area is 70.7 Å². The molecule has 0 spiro atoms.